The lowest BCUT2D eigenvalue weighted by molar-refractivity contribution is 0.253. The quantitative estimate of drug-likeness (QED) is 0.783. The number of hydrogen-bond donors (Lipinski definition) is 1. The van der Waals surface area contributed by atoms with Gasteiger partial charge in [0, 0.05) is 0 Å². The van der Waals surface area contributed by atoms with Crippen molar-refractivity contribution < 1.29 is 0 Å². The Hall–Kier alpha value is -1.06. The van der Waals surface area contributed by atoms with Crippen LogP contribution in [0.3, 0.4) is 0 Å². The second kappa shape index (κ2) is 3.98. The first kappa shape index (κ1) is 9.49. The van der Waals surface area contributed by atoms with Gasteiger partial charge in [-0.05, 0) is 31.6 Å². The first-order chi connectivity index (χ1) is 6.79. The molecule has 1 aromatic rings. The molecule has 4 heteroatoms. The number of rotatable bonds is 2. The molecule has 1 heterocycles. The molecule has 0 unspecified atom stereocenters. The Morgan fingerprint density at radius 3 is 2.64 bits per heavy atom. The van der Waals surface area contributed by atoms with Gasteiger partial charge in [0.1, 0.15) is 0 Å². The standard InChI is InChI=1S/C10H18N4/c1-2-8-3-5-9(6-4-8)14-7-10(11)12-13-14/h7-9H,2-6,11H2,1H3. The number of hydrogen-bond acceptors (Lipinski definition) is 3. The fraction of sp³-hybridized carbons (Fsp3) is 0.800. The predicted octanol–water partition coefficient (Wildman–Crippen LogP) is 2.00. The molecule has 0 bridgehead atoms. The average Bonchev–Trinajstić information content (AvgIpc) is 2.65. The van der Waals surface area contributed by atoms with Crippen molar-refractivity contribution in [3.63, 3.8) is 0 Å². The van der Waals surface area contributed by atoms with Crippen molar-refractivity contribution in [3.05, 3.63) is 6.20 Å². The van der Waals surface area contributed by atoms with Crippen LogP contribution < -0.4 is 5.73 Å². The van der Waals surface area contributed by atoms with Gasteiger partial charge < -0.3 is 5.73 Å². The number of aromatic nitrogens is 3. The molecule has 1 saturated carbocycles. The van der Waals surface area contributed by atoms with Gasteiger partial charge >= 0.3 is 0 Å². The lowest BCUT2D eigenvalue weighted by Crippen LogP contribution is -2.18. The highest BCUT2D eigenvalue weighted by Gasteiger charge is 2.21. The van der Waals surface area contributed by atoms with E-state index in [9.17, 15) is 0 Å². The first-order valence-electron chi connectivity index (χ1n) is 5.47. The lowest BCUT2D eigenvalue weighted by atomic mass is 9.85. The molecule has 78 valence electrons. The van der Waals surface area contributed by atoms with Gasteiger partial charge in [-0.2, -0.15) is 0 Å². The molecule has 1 aromatic heterocycles. The van der Waals surface area contributed by atoms with Gasteiger partial charge in [0.2, 0.25) is 0 Å². The minimum Gasteiger partial charge on any atom is -0.381 e. The highest BCUT2D eigenvalue weighted by molar-refractivity contribution is 5.20. The van der Waals surface area contributed by atoms with Crippen LogP contribution in [0.4, 0.5) is 5.82 Å². The van der Waals surface area contributed by atoms with Gasteiger partial charge in [-0.25, -0.2) is 4.68 Å². The summed E-state index contributed by atoms with van der Waals surface area (Å²) < 4.78 is 1.93. The maximum Gasteiger partial charge on any atom is 0.165 e. The summed E-state index contributed by atoms with van der Waals surface area (Å²) in [6, 6.07) is 0.530. The molecular weight excluding hydrogens is 176 g/mol. The monoisotopic (exact) mass is 194 g/mol. The third kappa shape index (κ3) is 1.89. The van der Waals surface area contributed by atoms with E-state index in [-0.39, 0.29) is 0 Å². The largest absolute Gasteiger partial charge is 0.381 e. The third-order valence-corrected chi connectivity index (χ3v) is 3.30. The Morgan fingerprint density at radius 2 is 2.14 bits per heavy atom. The number of nitrogen functional groups attached to an aromatic ring is 1. The molecule has 4 nitrogen and oxygen atoms in total. The maximum atomic E-state index is 5.54. The zero-order chi connectivity index (χ0) is 9.97. The first-order valence-corrected chi connectivity index (χ1v) is 5.47. The van der Waals surface area contributed by atoms with Crippen molar-refractivity contribution in [2.45, 2.75) is 45.1 Å². The summed E-state index contributed by atoms with van der Waals surface area (Å²) in [6.07, 6.45) is 8.24. The van der Waals surface area contributed by atoms with Crippen molar-refractivity contribution >= 4 is 5.82 Å². The van der Waals surface area contributed by atoms with Crippen molar-refractivity contribution in [1.29, 1.82) is 0 Å². The highest BCUT2D eigenvalue weighted by Crippen LogP contribution is 2.33. The molecular formula is C10H18N4. The number of nitrogens with zero attached hydrogens (tertiary/aromatic N) is 3. The minimum absolute atomic E-state index is 0.530. The van der Waals surface area contributed by atoms with E-state index in [0.717, 1.165) is 5.92 Å². The summed E-state index contributed by atoms with van der Waals surface area (Å²) in [5.74, 6) is 1.45. The molecule has 1 aliphatic carbocycles. The summed E-state index contributed by atoms with van der Waals surface area (Å²) in [7, 11) is 0. The fourth-order valence-electron chi connectivity index (χ4n) is 2.29. The molecule has 14 heavy (non-hydrogen) atoms. The number of nitrogens with two attached hydrogens (primary N) is 1. The van der Waals surface area contributed by atoms with Crippen LogP contribution in [0.1, 0.15) is 45.1 Å². The predicted molar refractivity (Wildman–Crippen MR) is 55.7 cm³/mol. The molecule has 0 spiro atoms. The summed E-state index contributed by atoms with van der Waals surface area (Å²) >= 11 is 0. The van der Waals surface area contributed by atoms with Gasteiger partial charge in [-0.15, -0.1) is 5.10 Å². The molecule has 1 aliphatic rings. The lowest BCUT2D eigenvalue weighted by Gasteiger charge is -2.27. The molecule has 0 aliphatic heterocycles. The molecule has 2 N–H and O–H groups in total. The number of anilines is 1. The van der Waals surface area contributed by atoms with E-state index in [0.29, 0.717) is 11.9 Å². The van der Waals surface area contributed by atoms with Crippen molar-refractivity contribution in [2.24, 2.45) is 5.92 Å². The van der Waals surface area contributed by atoms with E-state index >= 15 is 0 Å². The highest BCUT2D eigenvalue weighted by atomic mass is 15.4. The van der Waals surface area contributed by atoms with Crippen LogP contribution in [0.15, 0.2) is 6.20 Å². The molecule has 0 saturated heterocycles. The summed E-state index contributed by atoms with van der Waals surface area (Å²) in [5.41, 5.74) is 5.54. The zero-order valence-electron chi connectivity index (χ0n) is 8.69. The van der Waals surface area contributed by atoms with Gasteiger partial charge in [-0.3, -0.25) is 0 Å². The van der Waals surface area contributed by atoms with Crippen molar-refractivity contribution in [3.8, 4) is 0 Å². The Labute approximate surface area is 84.5 Å². The smallest absolute Gasteiger partial charge is 0.165 e. The van der Waals surface area contributed by atoms with Gasteiger partial charge in [0.05, 0.1) is 12.2 Å². The van der Waals surface area contributed by atoms with E-state index in [1.807, 2.05) is 10.9 Å². The van der Waals surface area contributed by atoms with Gasteiger partial charge in [-0.1, -0.05) is 18.6 Å². The molecule has 0 atom stereocenters. The summed E-state index contributed by atoms with van der Waals surface area (Å²) in [6.45, 7) is 2.28. The maximum absolute atomic E-state index is 5.54. The zero-order valence-corrected chi connectivity index (χ0v) is 8.69. The van der Waals surface area contributed by atoms with E-state index < -0.39 is 0 Å². The van der Waals surface area contributed by atoms with E-state index in [4.69, 9.17) is 5.73 Å². The van der Waals surface area contributed by atoms with Crippen LogP contribution in [-0.2, 0) is 0 Å². The normalized spacial score (nSPS) is 27.8. The molecule has 0 radical (unpaired) electrons. The van der Waals surface area contributed by atoms with Crippen molar-refractivity contribution in [2.75, 3.05) is 5.73 Å². The SMILES string of the molecule is CCC1CCC(n2cc(N)nn2)CC1. The van der Waals surface area contributed by atoms with Crippen LogP contribution in [-0.4, -0.2) is 15.0 Å². The van der Waals surface area contributed by atoms with Crippen LogP contribution in [0.5, 0.6) is 0 Å². The van der Waals surface area contributed by atoms with Crippen LogP contribution in [0.25, 0.3) is 0 Å². The molecule has 1 fully saturated rings. The van der Waals surface area contributed by atoms with Crippen molar-refractivity contribution in [1.82, 2.24) is 15.0 Å². The Morgan fingerprint density at radius 1 is 1.43 bits per heavy atom. The second-order valence-electron chi connectivity index (χ2n) is 4.21. The van der Waals surface area contributed by atoms with Crippen LogP contribution in [0.2, 0.25) is 0 Å². The second-order valence-corrected chi connectivity index (χ2v) is 4.21. The molecule has 0 aromatic carbocycles. The Kier molecular flexibility index (Phi) is 2.70. The van der Waals surface area contributed by atoms with Crippen LogP contribution in [0, 0.1) is 5.92 Å². The van der Waals surface area contributed by atoms with E-state index in [1.54, 1.807) is 0 Å². The Balaban J connectivity index is 1.95. The summed E-state index contributed by atoms with van der Waals surface area (Å²) in [4.78, 5) is 0. The molecule has 2 rings (SSSR count). The van der Waals surface area contributed by atoms with Gasteiger partial charge in [0.25, 0.3) is 0 Å². The average molecular weight is 194 g/mol. The minimum atomic E-state index is 0.530. The summed E-state index contributed by atoms with van der Waals surface area (Å²) in [5, 5.41) is 7.85. The fourth-order valence-corrected chi connectivity index (χ4v) is 2.29. The topological polar surface area (TPSA) is 56.7 Å². The van der Waals surface area contributed by atoms with Gasteiger partial charge in [0.15, 0.2) is 5.82 Å². The molecule has 0 amide bonds. The van der Waals surface area contributed by atoms with Crippen LogP contribution >= 0.6 is 0 Å². The third-order valence-electron chi connectivity index (χ3n) is 3.30. The van der Waals surface area contributed by atoms with E-state index in [1.165, 1.54) is 32.1 Å². The van der Waals surface area contributed by atoms with E-state index in [2.05, 4.69) is 17.2 Å². The Bertz CT molecular complexity index is 286.